The minimum Gasteiger partial charge on any atom is -0.379 e. The van der Waals surface area contributed by atoms with E-state index in [9.17, 15) is 0 Å². The number of rotatable bonds is 3. The number of hydrogen-bond acceptors (Lipinski definition) is 3. The molecule has 0 aromatic carbocycles. The van der Waals surface area contributed by atoms with E-state index < -0.39 is 0 Å². The summed E-state index contributed by atoms with van der Waals surface area (Å²) in [6.07, 6.45) is 7.68. The van der Waals surface area contributed by atoms with Gasteiger partial charge in [0.15, 0.2) is 0 Å². The number of hydrogen-bond donors (Lipinski definition) is 1. The zero-order chi connectivity index (χ0) is 10.7. The minimum absolute atomic E-state index is 0.359. The van der Waals surface area contributed by atoms with Crippen LogP contribution in [0.5, 0.6) is 0 Å². The number of aromatic nitrogens is 1. The number of anilines is 1. The summed E-state index contributed by atoms with van der Waals surface area (Å²) >= 11 is 0. The van der Waals surface area contributed by atoms with Gasteiger partial charge in [-0.25, -0.2) is 0 Å². The molecule has 0 aliphatic heterocycles. The lowest BCUT2D eigenvalue weighted by Gasteiger charge is -2.21. The summed E-state index contributed by atoms with van der Waals surface area (Å²) in [6, 6.07) is 2.48. The molecule has 0 amide bonds. The van der Waals surface area contributed by atoms with Crippen molar-refractivity contribution in [3.8, 4) is 0 Å². The Balaban J connectivity index is 2.05. The molecule has 2 rings (SSSR count). The third-order valence-electron chi connectivity index (χ3n) is 3.12. The SMILES string of the molecule is COC1CCCC1Nc1ccncc1C. The highest BCUT2D eigenvalue weighted by atomic mass is 16.5. The van der Waals surface area contributed by atoms with E-state index in [0.717, 1.165) is 6.42 Å². The predicted molar refractivity (Wildman–Crippen MR) is 61.0 cm³/mol. The van der Waals surface area contributed by atoms with Crippen LogP contribution >= 0.6 is 0 Å². The van der Waals surface area contributed by atoms with Gasteiger partial charge in [-0.3, -0.25) is 4.98 Å². The van der Waals surface area contributed by atoms with Gasteiger partial charge in [-0.05, 0) is 37.8 Å². The molecular formula is C12H18N2O. The van der Waals surface area contributed by atoms with Gasteiger partial charge >= 0.3 is 0 Å². The number of methoxy groups -OCH3 is 1. The molecule has 0 bridgehead atoms. The smallest absolute Gasteiger partial charge is 0.0772 e. The summed E-state index contributed by atoms with van der Waals surface area (Å²) in [6.45, 7) is 2.08. The van der Waals surface area contributed by atoms with Crippen molar-refractivity contribution in [1.29, 1.82) is 0 Å². The molecule has 1 aromatic heterocycles. The van der Waals surface area contributed by atoms with E-state index in [1.807, 2.05) is 18.5 Å². The lowest BCUT2D eigenvalue weighted by atomic mass is 10.2. The molecule has 0 spiro atoms. The number of pyridine rings is 1. The van der Waals surface area contributed by atoms with Crippen LogP contribution in [0.2, 0.25) is 0 Å². The van der Waals surface area contributed by atoms with Crippen molar-refractivity contribution in [2.45, 2.75) is 38.3 Å². The van der Waals surface area contributed by atoms with Gasteiger partial charge in [0, 0.05) is 25.2 Å². The quantitative estimate of drug-likeness (QED) is 0.824. The summed E-state index contributed by atoms with van der Waals surface area (Å²) < 4.78 is 5.46. The highest BCUT2D eigenvalue weighted by Crippen LogP contribution is 2.25. The molecule has 3 heteroatoms. The molecular weight excluding hydrogens is 188 g/mol. The van der Waals surface area contributed by atoms with E-state index in [0.29, 0.717) is 12.1 Å². The molecule has 15 heavy (non-hydrogen) atoms. The van der Waals surface area contributed by atoms with Gasteiger partial charge in [0.05, 0.1) is 12.1 Å². The Kier molecular flexibility index (Phi) is 3.21. The zero-order valence-corrected chi connectivity index (χ0v) is 9.36. The lowest BCUT2D eigenvalue weighted by Crippen LogP contribution is -2.29. The fraction of sp³-hybridized carbons (Fsp3) is 0.583. The van der Waals surface area contributed by atoms with Crippen molar-refractivity contribution in [2.75, 3.05) is 12.4 Å². The van der Waals surface area contributed by atoms with E-state index in [1.165, 1.54) is 24.1 Å². The maximum Gasteiger partial charge on any atom is 0.0772 e. The van der Waals surface area contributed by atoms with Gasteiger partial charge in [0.2, 0.25) is 0 Å². The Hall–Kier alpha value is -1.09. The molecule has 1 aliphatic carbocycles. The van der Waals surface area contributed by atoms with Gasteiger partial charge in [0.1, 0.15) is 0 Å². The molecule has 2 unspecified atom stereocenters. The van der Waals surface area contributed by atoms with Crippen LogP contribution in [0.3, 0.4) is 0 Å². The molecule has 1 fully saturated rings. The lowest BCUT2D eigenvalue weighted by molar-refractivity contribution is 0.101. The number of aryl methyl sites for hydroxylation is 1. The highest BCUT2D eigenvalue weighted by molar-refractivity contribution is 5.49. The molecule has 0 radical (unpaired) electrons. The Morgan fingerprint density at radius 2 is 2.33 bits per heavy atom. The van der Waals surface area contributed by atoms with Crippen LogP contribution in [0.1, 0.15) is 24.8 Å². The first-order chi connectivity index (χ1) is 7.31. The first-order valence-corrected chi connectivity index (χ1v) is 5.51. The number of nitrogens with one attached hydrogen (secondary N) is 1. The maximum absolute atomic E-state index is 5.46. The summed E-state index contributed by atoms with van der Waals surface area (Å²) in [5.74, 6) is 0. The third-order valence-corrected chi connectivity index (χ3v) is 3.12. The highest BCUT2D eigenvalue weighted by Gasteiger charge is 2.26. The van der Waals surface area contributed by atoms with Crippen LogP contribution < -0.4 is 5.32 Å². The molecule has 0 saturated heterocycles. The molecule has 1 N–H and O–H groups in total. The average molecular weight is 206 g/mol. The van der Waals surface area contributed by atoms with Crippen LogP contribution in [0.4, 0.5) is 5.69 Å². The van der Waals surface area contributed by atoms with Gasteiger partial charge < -0.3 is 10.1 Å². The van der Waals surface area contributed by atoms with Crippen molar-refractivity contribution in [3.63, 3.8) is 0 Å². The van der Waals surface area contributed by atoms with Crippen molar-refractivity contribution < 1.29 is 4.74 Å². The van der Waals surface area contributed by atoms with Crippen molar-refractivity contribution >= 4 is 5.69 Å². The Morgan fingerprint density at radius 3 is 3.07 bits per heavy atom. The van der Waals surface area contributed by atoms with Crippen LogP contribution in [0, 0.1) is 6.92 Å². The van der Waals surface area contributed by atoms with Gasteiger partial charge in [-0.15, -0.1) is 0 Å². The van der Waals surface area contributed by atoms with Gasteiger partial charge in [-0.1, -0.05) is 0 Å². The predicted octanol–water partition coefficient (Wildman–Crippen LogP) is 2.37. The molecule has 2 atom stereocenters. The zero-order valence-electron chi connectivity index (χ0n) is 9.36. The first kappa shape index (κ1) is 10.4. The molecule has 1 aliphatic rings. The topological polar surface area (TPSA) is 34.1 Å². The molecule has 1 aromatic rings. The summed E-state index contributed by atoms with van der Waals surface area (Å²) in [5, 5.41) is 3.55. The Bertz CT molecular complexity index is 327. The van der Waals surface area contributed by atoms with E-state index in [-0.39, 0.29) is 0 Å². The maximum atomic E-state index is 5.46. The van der Waals surface area contributed by atoms with Crippen LogP contribution in [0.15, 0.2) is 18.5 Å². The normalized spacial score (nSPS) is 25.5. The van der Waals surface area contributed by atoms with Crippen molar-refractivity contribution in [2.24, 2.45) is 0 Å². The fourth-order valence-corrected chi connectivity index (χ4v) is 2.21. The van der Waals surface area contributed by atoms with E-state index in [4.69, 9.17) is 4.74 Å². The monoisotopic (exact) mass is 206 g/mol. The Labute approximate surface area is 90.9 Å². The summed E-state index contributed by atoms with van der Waals surface area (Å²) in [4.78, 5) is 4.09. The van der Waals surface area contributed by atoms with Gasteiger partial charge in [0.25, 0.3) is 0 Å². The summed E-state index contributed by atoms with van der Waals surface area (Å²) in [5.41, 5.74) is 2.37. The fourth-order valence-electron chi connectivity index (χ4n) is 2.21. The van der Waals surface area contributed by atoms with Crippen LogP contribution in [-0.2, 0) is 4.74 Å². The standard InChI is InChI=1S/C12H18N2O/c1-9-8-13-7-6-10(9)14-11-4-3-5-12(11)15-2/h6-8,11-12H,3-5H2,1-2H3,(H,13,14). The average Bonchev–Trinajstić information content (AvgIpc) is 2.69. The molecule has 82 valence electrons. The summed E-state index contributed by atoms with van der Waals surface area (Å²) in [7, 11) is 1.80. The second kappa shape index (κ2) is 4.62. The molecule has 1 heterocycles. The van der Waals surface area contributed by atoms with Crippen molar-refractivity contribution in [3.05, 3.63) is 24.0 Å². The molecule has 3 nitrogen and oxygen atoms in total. The van der Waals surface area contributed by atoms with Gasteiger partial charge in [-0.2, -0.15) is 0 Å². The van der Waals surface area contributed by atoms with E-state index >= 15 is 0 Å². The number of ether oxygens (including phenoxy) is 1. The van der Waals surface area contributed by atoms with Crippen molar-refractivity contribution in [1.82, 2.24) is 4.98 Å². The Morgan fingerprint density at radius 1 is 1.47 bits per heavy atom. The van der Waals surface area contributed by atoms with Crippen LogP contribution in [-0.4, -0.2) is 24.2 Å². The second-order valence-electron chi connectivity index (χ2n) is 4.15. The number of nitrogens with zero attached hydrogens (tertiary/aromatic N) is 1. The molecule has 1 saturated carbocycles. The largest absolute Gasteiger partial charge is 0.379 e. The second-order valence-corrected chi connectivity index (χ2v) is 4.15. The minimum atomic E-state index is 0.359. The first-order valence-electron chi connectivity index (χ1n) is 5.51. The van der Waals surface area contributed by atoms with E-state index in [2.05, 4.69) is 17.2 Å². The van der Waals surface area contributed by atoms with Crippen LogP contribution in [0.25, 0.3) is 0 Å². The third kappa shape index (κ3) is 2.29. The van der Waals surface area contributed by atoms with E-state index in [1.54, 1.807) is 7.11 Å².